The fourth-order valence-electron chi connectivity index (χ4n) is 1.66. The third-order valence-electron chi connectivity index (χ3n) is 2.35. The predicted molar refractivity (Wildman–Crippen MR) is 59.1 cm³/mol. The lowest BCUT2D eigenvalue weighted by molar-refractivity contribution is 0.900. The van der Waals surface area contributed by atoms with Crippen molar-refractivity contribution in [3.63, 3.8) is 0 Å². The van der Waals surface area contributed by atoms with E-state index in [0.717, 1.165) is 31.2 Å². The zero-order chi connectivity index (χ0) is 10.4. The molecule has 0 aliphatic heterocycles. The van der Waals surface area contributed by atoms with Crippen LogP contribution < -0.4 is 0 Å². The van der Waals surface area contributed by atoms with Gasteiger partial charge in [0, 0.05) is 0 Å². The Morgan fingerprint density at radius 2 is 1.86 bits per heavy atom. The molecule has 0 N–H and O–H groups in total. The van der Waals surface area contributed by atoms with E-state index in [4.69, 9.17) is 5.26 Å². The van der Waals surface area contributed by atoms with E-state index in [1.54, 1.807) is 0 Å². The second-order valence-corrected chi connectivity index (χ2v) is 3.60. The van der Waals surface area contributed by atoms with Crippen LogP contribution in [-0.2, 0) is 12.8 Å². The highest BCUT2D eigenvalue weighted by atomic mass is 14.2. The van der Waals surface area contributed by atoms with Crippen LogP contribution in [0.3, 0.4) is 0 Å². The van der Waals surface area contributed by atoms with E-state index in [0.29, 0.717) is 0 Å². The zero-order valence-corrected chi connectivity index (χ0v) is 9.01. The average molecular weight is 187 g/mol. The highest BCUT2D eigenvalue weighted by Gasteiger charge is 2.01. The molecule has 1 aromatic rings. The summed E-state index contributed by atoms with van der Waals surface area (Å²) in [7, 11) is 0. The van der Waals surface area contributed by atoms with Gasteiger partial charge in [0.05, 0.1) is 11.6 Å². The number of nitriles is 1. The monoisotopic (exact) mass is 187 g/mol. The summed E-state index contributed by atoms with van der Waals surface area (Å²) in [5, 5.41) is 8.99. The van der Waals surface area contributed by atoms with Gasteiger partial charge >= 0.3 is 0 Å². The Morgan fingerprint density at radius 3 is 2.43 bits per heavy atom. The third kappa shape index (κ3) is 2.60. The van der Waals surface area contributed by atoms with E-state index >= 15 is 0 Å². The molecule has 0 fully saturated rings. The predicted octanol–water partition coefficient (Wildman–Crippen LogP) is 3.46. The van der Waals surface area contributed by atoms with Gasteiger partial charge in [-0.25, -0.2) is 0 Å². The molecule has 0 unspecified atom stereocenters. The van der Waals surface area contributed by atoms with Crippen LogP contribution in [0, 0.1) is 11.3 Å². The second kappa shape index (κ2) is 5.44. The van der Waals surface area contributed by atoms with E-state index < -0.39 is 0 Å². The molecule has 0 radical (unpaired) electrons. The molecule has 0 aromatic heterocycles. The van der Waals surface area contributed by atoms with Crippen molar-refractivity contribution in [3.8, 4) is 6.07 Å². The van der Waals surface area contributed by atoms with E-state index in [1.807, 2.05) is 6.07 Å². The summed E-state index contributed by atoms with van der Waals surface area (Å²) in [5.74, 6) is 0. The minimum Gasteiger partial charge on any atom is -0.192 e. The number of rotatable bonds is 4. The molecule has 1 nitrogen and oxygen atoms in total. The molecule has 0 atom stereocenters. The minimum atomic E-state index is 0.859. The van der Waals surface area contributed by atoms with E-state index in [-0.39, 0.29) is 0 Å². The van der Waals surface area contributed by atoms with Crippen LogP contribution >= 0.6 is 0 Å². The van der Waals surface area contributed by atoms with E-state index in [1.165, 1.54) is 11.1 Å². The normalized spacial score (nSPS) is 9.79. The van der Waals surface area contributed by atoms with Crippen molar-refractivity contribution < 1.29 is 0 Å². The number of nitrogens with zero attached hydrogens (tertiary/aromatic N) is 1. The SMILES string of the molecule is CCCc1ccc(CCC)c(C#N)c1. The van der Waals surface area contributed by atoms with E-state index in [2.05, 4.69) is 32.0 Å². The van der Waals surface area contributed by atoms with Crippen LogP contribution in [0.2, 0.25) is 0 Å². The molecule has 0 bridgehead atoms. The molecule has 0 amide bonds. The van der Waals surface area contributed by atoms with Crippen molar-refractivity contribution in [2.75, 3.05) is 0 Å². The molecule has 0 saturated carbocycles. The molecule has 1 aromatic carbocycles. The number of hydrogen-bond acceptors (Lipinski definition) is 1. The number of benzene rings is 1. The van der Waals surface area contributed by atoms with Crippen LogP contribution in [-0.4, -0.2) is 0 Å². The van der Waals surface area contributed by atoms with Gasteiger partial charge in [-0.2, -0.15) is 5.26 Å². The summed E-state index contributed by atoms with van der Waals surface area (Å²) in [6, 6.07) is 8.57. The topological polar surface area (TPSA) is 23.8 Å². The van der Waals surface area contributed by atoms with Gasteiger partial charge in [-0.1, -0.05) is 38.8 Å². The molecule has 0 heterocycles. The fourth-order valence-corrected chi connectivity index (χ4v) is 1.66. The summed E-state index contributed by atoms with van der Waals surface area (Å²) >= 11 is 0. The molecule has 0 saturated heterocycles. The van der Waals surface area contributed by atoms with Gasteiger partial charge in [-0.05, 0) is 30.0 Å². The summed E-state index contributed by atoms with van der Waals surface area (Å²) in [6.45, 7) is 4.30. The van der Waals surface area contributed by atoms with Crippen LogP contribution in [0.1, 0.15) is 43.4 Å². The molecular formula is C13H17N. The van der Waals surface area contributed by atoms with Gasteiger partial charge in [0.15, 0.2) is 0 Å². The summed E-state index contributed by atoms with van der Waals surface area (Å²) in [5.41, 5.74) is 3.33. The Kier molecular flexibility index (Phi) is 4.19. The van der Waals surface area contributed by atoms with Gasteiger partial charge in [0.1, 0.15) is 0 Å². The molecule has 1 heteroatoms. The summed E-state index contributed by atoms with van der Waals surface area (Å²) in [4.78, 5) is 0. The molecule has 1 rings (SSSR count). The van der Waals surface area contributed by atoms with Crippen LogP contribution in [0.15, 0.2) is 18.2 Å². The van der Waals surface area contributed by atoms with E-state index in [9.17, 15) is 0 Å². The molecule has 0 spiro atoms. The first-order chi connectivity index (χ1) is 6.81. The molecule has 14 heavy (non-hydrogen) atoms. The van der Waals surface area contributed by atoms with Gasteiger partial charge in [0.25, 0.3) is 0 Å². The van der Waals surface area contributed by atoms with Crippen LogP contribution in [0.25, 0.3) is 0 Å². The van der Waals surface area contributed by atoms with Crippen LogP contribution in [0.4, 0.5) is 0 Å². The fraction of sp³-hybridized carbons (Fsp3) is 0.462. The third-order valence-corrected chi connectivity index (χ3v) is 2.35. The number of aryl methyl sites for hydroxylation is 2. The Bertz CT molecular complexity index is 334. The van der Waals surface area contributed by atoms with Crippen molar-refractivity contribution in [1.82, 2.24) is 0 Å². The van der Waals surface area contributed by atoms with Crippen molar-refractivity contribution >= 4 is 0 Å². The van der Waals surface area contributed by atoms with Gasteiger partial charge in [0.2, 0.25) is 0 Å². The Morgan fingerprint density at radius 1 is 1.14 bits per heavy atom. The molecule has 74 valence electrons. The molecule has 0 aliphatic rings. The minimum absolute atomic E-state index is 0.859. The first kappa shape index (κ1) is 10.8. The molecule has 0 aliphatic carbocycles. The van der Waals surface area contributed by atoms with Crippen molar-refractivity contribution in [1.29, 1.82) is 5.26 Å². The maximum absolute atomic E-state index is 8.99. The summed E-state index contributed by atoms with van der Waals surface area (Å²) < 4.78 is 0. The van der Waals surface area contributed by atoms with Crippen molar-refractivity contribution in [2.45, 2.75) is 39.5 Å². The van der Waals surface area contributed by atoms with Gasteiger partial charge in [-0.3, -0.25) is 0 Å². The maximum atomic E-state index is 8.99. The lowest BCUT2D eigenvalue weighted by Crippen LogP contribution is -1.92. The Balaban J connectivity index is 2.94. The summed E-state index contributed by atoms with van der Waals surface area (Å²) in [6.07, 6.45) is 4.32. The lowest BCUT2D eigenvalue weighted by atomic mass is 9.99. The smallest absolute Gasteiger partial charge is 0.0994 e. The first-order valence-corrected chi connectivity index (χ1v) is 5.33. The highest BCUT2D eigenvalue weighted by molar-refractivity contribution is 5.40. The average Bonchev–Trinajstić information content (AvgIpc) is 2.21. The lowest BCUT2D eigenvalue weighted by Gasteiger charge is -2.04. The second-order valence-electron chi connectivity index (χ2n) is 3.60. The highest BCUT2D eigenvalue weighted by Crippen LogP contribution is 2.14. The molecular weight excluding hydrogens is 170 g/mol. The standard InChI is InChI=1S/C13H17N/c1-3-5-11-7-8-12(6-4-2)13(9-11)10-14/h7-9H,3-6H2,1-2H3. The Labute approximate surface area is 86.4 Å². The van der Waals surface area contributed by atoms with Crippen molar-refractivity contribution in [3.05, 3.63) is 34.9 Å². The quantitative estimate of drug-likeness (QED) is 0.708. The van der Waals surface area contributed by atoms with Crippen LogP contribution in [0.5, 0.6) is 0 Å². The largest absolute Gasteiger partial charge is 0.192 e. The maximum Gasteiger partial charge on any atom is 0.0994 e. The van der Waals surface area contributed by atoms with Gasteiger partial charge in [-0.15, -0.1) is 0 Å². The number of hydrogen-bond donors (Lipinski definition) is 0. The Hall–Kier alpha value is -1.29. The van der Waals surface area contributed by atoms with Crippen molar-refractivity contribution in [2.24, 2.45) is 0 Å². The zero-order valence-electron chi connectivity index (χ0n) is 9.01. The first-order valence-electron chi connectivity index (χ1n) is 5.33. The van der Waals surface area contributed by atoms with Gasteiger partial charge < -0.3 is 0 Å².